The van der Waals surface area contributed by atoms with Gasteiger partial charge in [-0.1, -0.05) is 0 Å². The topological polar surface area (TPSA) is 84.9 Å². The summed E-state index contributed by atoms with van der Waals surface area (Å²) < 4.78 is 34.0. The smallest absolute Gasteiger partial charge is 0.213 e. The number of aliphatic hydroxyl groups excluding tert-OH is 1. The van der Waals surface area contributed by atoms with E-state index in [2.05, 4.69) is 4.72 Å². The molecule has 0 aromatic carbocycles. The van der Waals surface area contributed by atoms with Crippen LogP contribution in [0.25, 0.3) is 0 Å². The van der Waals surface area contributed by atoms with Gasteiger partial charge in [0, 0.05) is 13.7 Å². The fourth-order valence-corrected chi connectivity index (χ4v) is 1.49. The molecule has 0 radical (unpaired) electrons. The first kappa shape index (κ1) is 13.8. The van der Waals surface area contributed by atoms with Crippen LogP contribution in [-0.4, -0.2) is 59.4 Å². The molecule has 2 N–H and O–H groups in total. The van der Waals surface area contributed by atoms with E-state index in [0.29, 0.717) is 19.8 Å². The van der Waals surface area contributed by atoms with Crippen LogP contribution in [0.4, 0.5) is 0 Å². The highest BCUT2D eigenvalue weighted by Gasteiger charge is 2.07. The van der Waals surface area contributed by atoms with Crippen molar-refractivity contribution in [3.63, 3.8) is 0 Å². The fraction of sp³-hybridized carbons (Fsp3) is 1.00. The van der Waals surface area contributed by atoms with Crippen LogP contribution >= 0.6 is 0 Å². The number of rotatable bonds is 9. The van der Waals surface area contributed by atoms with E-state index in [1.807, 2.05) is 0 Å². The Kier molecular flexibility index (Phi) is 8.01. The molecule has 0 aliphatic heterocycles. The highest BCUT2D eigenvalue weighted by atomic mass is 32.2. The van der Waals surface area contributed by atoms with Crippen LogP contribution in [0, 0.1) is 0 Å². The molecule has 14 heavy (non-hydrogen) atoms. The van der Waals surface area contributed by atoms with Crippen LogP contribution in [-0.2, 0) is 19.5 Å². The SMILES string of the molecule is COCCOCCNS(=O)(=O)CCO. The lowest BCUT2D eigenvalue weighted by molar-refractivity contribution is 0.0736. The number of hydrogen-bond acceptors (Lipinski definition) is 5. The van der Waals surface area contributed by atoms with Crippen LogP contribution in [0.2, 0.25) is 0 Å². The number of hydrogen-bond donors (Lipinski definition) is 2. The third-order valence-electron chi connectivity index (χ3n) is 1.36. The molecule has 6 nitrogen and oxygen atoms in total. The Morgan fingerprint density at radius 1 is 1.29 bits per heavy atom. The van der Waals surface area contributed by atoms with Gasteiger partial charge in [-0.05, 0) is 0 Å². The first-order valence-electron chi connectivity index (χ1n) is 4.27. The Bertz CT molecular complexity index is 216. The van der Waals surface area contributed by atoms with Crippen molar-refractivity contribution >= 4 is 10.0 Å². The van der Waals surface area contributed by atoms with Crippen LogP contribution < -0.4 is 4.72 Å². The van der Waals surface area contributed by atoms with Crippen molar-refractivity contribution in [2.45, 2.75) is 0 Å². The van der Waals surface area contributed by atoms with Crippen molar-refractivity contribution < 1.29 is 23.0 Å². The summed E-state index contributed by atoms with van der Waals surface area (Å²) in [4.78, 5) is 0. The Labute approximate surface area is 84.3 Å². The molecule has 0 aromatic heterocycles. The fourth-order valence-electron chi connectivity index (χ4n) is 0.706. The number of ether oxygens (including phenoxy) is 2. The summed E-state index contributed by atoms with van der Waals surface area (Å²) in [6, 6.07) is 0. The average Bonchev–Trinajstić information content (AvgIpc) is 2.11. The monoisotopic (exact) mass is 227 g/mol. The van der Waals surface area contributed by atoms with Crippen LogP contribution in [0.3, 0.4) is 0 Å². The van der Waals surface area contributed by atoms with Gasteiger partial charge in [-0.25, -0.2) is 13.1 Å². The molecular weight excluding hydrogens is 210 g/mol. The summed E-state index contributed by atoms with van der Waals surface area (Å²) in [5.41, 5.74) is 0. The molecule has 0 heterocycles. The van der Waals surface area contributed by atoms with Crippen LogP contribution in [0.5, 0.6) is 0 Å². The zero-order valence-electron chi connectivity index (χ0n) is 8.23. The molecule has 86 valence electrons. The number of methoxy groups -OCH3 is 1. The van der Waals surface area contributed by atoms with Crippen molar-refractivity contribution in [3.8, 4) is 0 Å². The Hall–Kier alpha value is -0.210. The van der Waals surface area contributed by atoms with E-state index >= 15 is 0 Å². The van der Waals surface area contributed by atoms with Gasteiger partial charge >= 0.3 is 0 Å². The number of nitrogens with one attached hydrogen (secondary N) is 1. The molecule has 7 heteroatoms. The third-order valence-corrected chi connectivity index (χ3v) is 2.72. The molecular formula is C7H17NO5S. The molecule has 0 saturated heterocycles. The van der Waals surface area contributed by atoms with Gasteiger partial charge in [-0.15, -0.1) is 0 Å². The van der Waals surface area contributed by atoms with E-state index in [1.54, 1.807) is 7.11 Å². The van der Waals surface area contributed by atoms with Crippen molar-refractivity contribution in [2.24, 2.45) is 0 Å². The third kappa shape index (κ3) is 8.39. The molecule has 0 amide bonds. The van der Waals surface area contributed by atoms with Crippen LogP contribution in [0.1, 0.15) is 0 Å². The zero-order chi connectivity index (χ0) is 10.9. The molecule has 0 atom stereocenters. The van der Waals surface area contributed by atoms with E-state index in [0.717, 1.165) is 0 Å². The van der Waals surface area contributed by atoms with Crippen molar-refractivity contribution in [2.75, 3.05) is 45.8 Å². The molecule has 0 rings (SSSR count). The van der Waals surface area contributed by atoms with Gasteiger partial charge < -0.3 is 14.6 Å². The largest absolute Gasteiger partial charge is 0.395 e. The normalized spacial score (nSPS) is 11.9. The van der Waals surface area contributed by atoms with Gasteiger partial charge in [0.2, 0.25) is 10.0 Å². The van der Waals surface area contributed by atoms with E-state index in [4.69, 9.17) is 14.6 Å². The first-order chi connectivity index (χ1) is 6.62. The zero-order valence-corrected chi connectivity index (χ0v) is 9.05. The summed E-state index contributed by atoms with van der Waals surface area (Å²) in [7, 11) is -1.77. The van der Waals surface area contributed by atoms with E-state index in [1.165, 1.54) is 0 Å². The summed E-state index contributed by atoms with van der Waals surface area (Å²) in [6.07, 6.45) is 0. The lowest BCUT2D eigenvalue weighted by atomic mass is 10.7. The summed E-state index contributed by atoms with van der Waals surface area (Å²) in [5.74, 6) is -0.273. The summed E-state index contributed by atoms with van der Waals surface area (Å²) >= 11 is 0. The molecule has 0 spiro atoms. The summed E-state index contributed by atoms with van der Waals surface area (Å²) in [5, 5.41) is 8.41. The van der Waals surface area contributed by atoms with Crippen molar-refractivity contribution in [1.82, 2.24) is 4.72 Å². The summed E-state index contributed by atoms with van der Waals surface area (Å²) in [6.45, 7) is 1.07. The molecule has 0 aliphatic carbocycles. The first-order valence-corrected chi connectivity index (χ1v) is 5.92. The minimum absolute atomic E-state index is 0.214. The van der Waals surface area contributed by atoms with Crippen molar-refractivity contribution in [1.29, 1.82) is 0 Å². The standard InChI is InChI=1S/C7H17NO5S/c1-12-5-6-13-4-2-8-14(10,11)7-3-9/h8-9H,2-7H2,1H3. The second-order valence-corrected chi connectivity index (χ2v) is 4.47. The highest BCUT2D eigenvalue weighted by molar-refractivity contribution is 7.89. The van der Waals surface area contributed by atoms with E-state index in [9.17, 15) is 8.42 Å². The predicted octanol–water partition coefficient (Wildman–Crippen LogP) is -1.44. The van der Waals surface area contributed by atoms with Gasteiger partial charge in [0.15, 0.2) is 0 Å². The Balaban J connectivity index is 3.35. The maximum atomic E-state index is 11.0. The van der Waals surface area contributed by atoms with Crippen LogP contribution in [0.15, 0.2) is 0 Å². The van der Waals surface area contributed by atoms with E-state index in [-0.39, 0.29) is 18.9 Å². The highest BCUT2D eigenvalue weighted by Crippen LogP contribution is 1.82. The lowest BCUT2D eigenvalue weighted by Gasteiger charge is -2.05. The Morgan fingerprint density at radius 3 is 2.57 bits per heavy atom. The molecule has 0 aliphatic rings. The minimum Gasteiger partial charge on any atom is -0.395 e. The van der Waals surface area contributed by atoms with Gasteiger partial charge in [-0.2, -0.15) is 0 Å². The average molecular weight is 227 g/mol. The van der Waals surface area contributed by atoms with Gasteiger partial charge in [0.05, 0.1) is 32.2 Å². The lowest BCUT2D eigenvalue weighted by Crippen LogP contribution is -2.31. The van der Waals surface area contributed by atoms with Crippen molar-refractivity contribution in [3.05, 3.63) is 0 Å². The van der Waals surface area contributed by atoms with Gasteiger partial charge in [0.1, 0.15) is 0 Å². The second-order valence-electron chi connectivity index (χ2n) is 2.54. The molecule has 0 fully saturated rings. The number of sulfonamides is 1. The quantitative estimate of drug-likeness (QED) is 0.471. The second kappa shape index (κ2) is 8.13. The molecule has 0 aromatic rings. The number of aliphatic hydroxyl groups is 1. The maximum absolute atomic E-state index is 11.0. The predicted molar refractivity (Wildman–Crippen MR) is 51.6 cm³/mol. The van der Waals surface area contributed by atoms with Gasteiger partial charge in [-0.3, -0.25) is 0 Å². The van der Waals surface area contributed by atoms with Gasteiger partial charge in [0.25, 0.3) is 0 Å². The minimum atomic E-state index is -3.34. The molecule has 0 unspecified atom stereocenters. The molecule has 0 saturated carbocycles. The molecule has 0 bridgehead atoms. The maximum Gasteiger partial charge on any atom is 0.213 e. The van der Waals surface area contributed by atoms with E-state index < -0.39 is 10.0 Å². The Morgan fingerprint density at radius 2 is 2.00 bits per heavy atom.